The lowest BCUT2D eigenvalue weighted by molar-refractivity contribution is -0.141. The molecule has 0 aromatic rings. The molecule has 0 unspecified atom stereocenters. The number of rotatable bonds is 8. The second-order valence-electron chi connectivity index (χ2n) is 4.09. The number of carboxylic acids is 1. The van der Waals surface area contributed by atoms with Gasteiger partial charge in [-0.2, -0.15) is 0 Å². The molecule has 0 rings (SSSR count). The average Bonchev–Trinajstić information content (AvgIpc) is 2.33. The third-order valence-corrected chi connectivity index (χ3v) is 2.27. The molecule has 10 heteroatoms. The third kappa shape index (κ3) is 6.11. The number of aliphatic hydroxyl groups is 1. The number of aliphatic hydroxyl groups excluding tert-OH is 1. The fraction of sp³-hybridized carbons (Fsp3) is 0.600. The van der Waals surface area contributed by atoms with E-state index in [-0.39, 0.29) is 0 Å². The van der Waals surface area contributed by atoms with Gasteiger partial charge in [0.2, 0.25) is 17.7 Å². The number of nitrogens with one attached hydrogen (secondary N) is 2. The van der Waals surface area contributed by atoms with E-state index in [4.69, 9.17) is 21.7 Å². The van der Waals surface area contributed by atoms with E-state index >= 15 is 0 Å². The van der Waals surface area contributed by atoms with Gasteiger partial charge in [0.15, 0.2) is 0 Å². The lowest BCUT2D eigenvalue weighted by atomic mass is 10.1. The predicted octanol–water partition coefficient (Wildman–Crippen LogP) is -3.74. The van der Waals surface area contributed by atoms with Crippen molar-refractivity contribution in [1.29, 1.82) is 0 Å². The van der Waals surface area contributed by atoms with E-state index in [1.165, 1.54) is 6.92 Å². The van der Waals surface area contributed by atoms with Crippen LogP contribution in [-0.2, 0) is 19.2 Å². The first kappa shape index (κ1) is 17.8. The molecule has 0 aromatic carbocycles. The van der Waals surface area contributed by atoms with Crippen molar-refractivity contribution in [2.24, 2.45) is 11.5 Å². The summed E-state index contributed by atoms with van der Waals surface area (Å²) in [6.07, 6.45) is -0.707. The summed E-state index contributed by atoms with van der Waals surface area (Å²) in [6.45, 7) is 0.604. The van der Waals surface area contributed by atoms with Gasteiger partial charge in [-0.3, -0.25) is 19.2 Å². The normalized spacial score (nSPS) is 14.8. The number of primary amides is 1. The monoisotopic (exact) mass is 290 g/mol. The van der Waals surface area contributed by atoms with E-state index in [0.717, 1.165) is 0 Å². The minimum Gasteiger partial charge on any atom is -0.481 e. The topological polar surface area (TPSA) is 185 Å². The summed E-state index contributed by atoms with van der Waals surface area (Å²) in [5, 5.41) is 21.7. The second kappa shape index (κ2) is 8.07. The van der Waals surface area contributed by atoms with Crippen LogP contribution in [0.2, 0.25) is 0 Å². The smallest absolute Gasteiger partial charge is 0.305 e. The van der Waals surface area contributed by atoms with Crippen molar-refractivity contribution < 1.29 is 29.4 Å². The maximum absolute atomic E-state index is 11.8. The SMILES string of the molecule is C[C@H](N)C(=O)N[C@@H](CC(=O)O)C(=O)N[C@@H](CO)C(N)=O. The van der Waals surface area contributed by atoms with Crippen LogP contribution in [0.5, 0.6) is 0 Å². The molecule has 0 aliphatic carbocycles. The molecular formula is C10H18N4O6. The van der Waals surface area contributed by atoms with Gasteiger partial charge in [-0.05, 0) is 6.92 Å². The van der Waals surface area contributed by atoms with Gasteiger partial charge in [0.05, 0.1) is 19.1 Å². The molecule has 0 radical (unpaired) electrons. The van der Waals surface area contributed by atoms with Crippen LogP contribution in [0.3, 0.4) is 0 Å². The molecule has 114 valence electrons. The third-order valence-electron chi connectivity index (χ3n) is 2.27. The Kier molecular flexibility index (Phi) is 7.18. The second-order valence-corrected chi connectivity index (χ2v) is 4.09. The van der Waals surface area contributed by atoms with E-state index in [1.807, 2.05) is 5.32 Å². The van der Waals surface area contributed by atoms with E-state index in [1.54, 1.807) is 0 Å². The number of carboxylic acid groups (broad SMARTS) is 1. The van der Waals surface area contributed by atoms with Crippen LogP contribution in [0.4, 0.5) is 0 Å². The molecule has 20 heavy (non-hydrogen) atoms. The Morgan fingerprint density at radius 3 is 1.95 bits per heavy atom. The zero-order valence-corrected chi connectivity index (χ0v) is 10.8. The van der Waals surface area contributed by atoms with Gasteiger partial charge in [-0.15, -0.1) is 0 Å². The molecular weight excluding hydrogens is 272 g/mol. The molecule has 0 bridgehead atoms. The van der Waals surface area contributed by atoms with E-state index in [2.05, 4.69) is 5.32 Å². The van der Waals surface area contributed by atoms with Gasteiger partial charge in [0, 0.05) is 0 Å². The highest BCUT2D eigenvalue weighted by Crippen LogP contribution is 1.96. The summed E-state index contributed by atoms with van der Waals surface area (Å²) in [6, 6.07) is -3.74. The lowest BCUT2D eigenvalue weighted by Crippen LogP contribution is -2.56. The first-order valence-corrected chi connectivity index (χ1v) is 5.67. The number of amides is 3. The van der Waals surface area contributed by atoms with Gasteiger partial charge in [0.25, 0.3) is 0 Å². The van der Waals surface area contributed by atoms with Gasteiger partial charge >= 0.3 is 5.97 Å². The van der Waals surface area contributed by atoms with Crippen LogP contribution in [0, 0.1) is 0 Å². The molecule has 8 N–H and O–H groups in total. The van der Waals surface area contributed by atoms with Gasteiger partial charge in [-0.25, -0.2) is 0 Å². The molecule has 10 nitrogen and oxygen atoms in total. The van der Waals surface area contributed by atoms with Crippen molar-refractivity contribution in [1.82, 2.24) is 10.6 Å². The van der Waals surface area contributed by atoms with Gasteiger partial charge in [0.1, 0.15) is 12.1 Å². The van der Waals surface area contributed by atoms with Crippen molar-refractivity contribution >= 4 is 23.7 Å². The first-order valence-electron chi connectivity index (χ1n) is 5.67. The zero-order chi connectivity index (χ0) is 15.9. The first-order chi connectivity index (χ1) is 9.18. The van der Waals surface area contributed by atoms with Crippen molar-refractivity contribution in [3.63, 3.8) is 0 Å². The number of hydrogen-bond acceptors (Lipinski definition) is 6. The van der Waals surface area contributed by atoms with Gasteiger partial charge < -0.3 is 32.3 Å². The maximum Gasteiger partial charge on any atom is 0.305 e. The van der Waals surface area contributed by atoms with Crippen LogP contribution < -0.4 is 22.1 Å². The lowest BCUT2D eigenvalue weighted by Gasteiger charge is -2.20. The van der Waals surface area contributed by atoms with Crippen molar-refractivity contribution in [2.75, 3.05) is 6.61 Å². The molecule has 0 heterocycles. The molecule has 0 aliphatic rings. The highest BCUT2D eigenvalue weighted by Gasteiger charge is 2.27. The highest BCUT2D eigenvalue weighted by atomic mass is 16.4. The quantitative estimate of drug-likeness (QED) is 0.265. The summed E-state index contributed by atoms with van der Waals surface area (Å²) >= 11 is 0. The number of nitrogens with two attached hydrogens (primary N) is 2. The summed E-state index contributed by atoms with van der Waals surface area (Å²) < 4.78 is 0. The Hall–Kier alpha value is -2.20. The molecule has 0 spiro atoms. The van der Waals surface area contributed by atoms with Crippen LogP contribution in [0.25, 0.3) is 0 Å². The summed E-state index contributed by atoms with van der Waals surface area (Å²) in [7, 11) is 0. The van der Waals surface area contributed by atoms with Crippen molar-refractivity contribution in [2.45, 2.75) is 31.5 Å². The number of carbonyl (C=O) groups is 4. The van der Waals surface area contributed by atoms with E-state index in [9.17, 15) is 19.2 Å². The predicted molar refractivity (Wildman–Crippen MR) is 66.0 cm³/mol. The molecule has 3 amide bonds. The largest absolute Gasteiger partial charge is 0.481 e. The van der Waals surface area contributed by atoms with E-state index < -0.39 is 54.8 Å². The average molecular weight is 290 g/mol. The molecule has 0 saturated heterocycles. The van der Waals surface area contributed by atoms with Crippen molar-refractivity contribution in [3.05, 3.63) is 0 Å². The van der Waals surface area contributed by atoms with Crippen molar-refractivity contribution in [3.8, 4) is 0 Å². The van der Waals surface area contributed by atoms with E-state index in [0.29, 0.717) is 0 Å². The molecule has 0 saturated carbocycles. The van der Waals surface area contributed by atoms with Crippen LogP contribution in [0.1, 0.15) is 13.3 Å². The minimum absolute atomic E-state index is 0.707. The molecule has 0 aliphatic heterocycles. The Morgan fingerprint density at radius 2 is 1.60 bits per heavy atom. The Balaban J connectivity index is 4.84. The maximum atomic E-state index is 11.8. The molecule has 0 aromatic heterocycles. The Bertz CT molecular complexity index is 397. The van der Waals surface area contributed by atoms with Crippen LogP contribution in [-0.4, -0.2) is 58.6 Å². The standard InChI is InChI=1S/C10H18N4O6/c1-4(11)9(19)13-5(2-7(16)17)10(20)14-6(3-15)8(12)18/h4-6,15H,2-3,11H2,1H3,(H2,12,18)(H,13,19)(H,14,20)(H,16,17)/t4-,5-,6-/m0/s1. The number of hydrogen-bond donors (Lipinski definition) is 6. The molecule has 0 fully saturated rings. The number of aliphatic carboxylic acids is 1. The highest BCUT2D eigenvalue weighted by molar-refractivity contribution is 5.94. The summed E-state index contributed by atoms with van der Waals surface area (Å²) in [4.78, 5) is 44.7. The van der Waals surface area contributed by atoms with Gasteiger partial charge in [-0.1, -0.05) is 0 Å². The minimum atomic E-state index is -1.43. The fourth-order valence-electron chi connectivity index (χ4n) is 1.17. The number of carbonyl (C=O) groups excluding carboxylic acids is 3. The zero-order valence-electron chi connectivity index (χ0n) is 10.8. The van der Waals surface area contributed by atoms with Crippen LogP contribution >= 0.6 is 0 Å². The molecule has 3 atom stereocenters. The fourth-order valence-corrected chi connectivity index (χ4v) is 1.17. The summed E-state index contributed by atoms with van der Waals surface area (Å²) in [5.74, 6) is -4.02. The Labute approximate surface area is 114 Å². The Morgan fingerprint density at radius 1 is 1.10 bits per heavy atom. The van der Waals surface area contributed by atoms with Crippen LogP contribution in [0.15, 0.2) is 0 Å². The summed E-state index contributed by atoms with van der Waals surface area (Å²) in [5.41, 5.74) is 10.2.